The second-order valence-corrected chi connectivity index (χ2v) is 3.76. The van der Waals surface area contributed by atoms with Crippen LogP contribution in [0.2, 0.25) is 0 Å². The number of hydrogen-bond donors (Lipinski definition) is 1. The van der Waals surface area contributed by atoms with E-state index in [1.54, 1.807) is 0 Å². The normalized spacial score (nSPS) is 10.2. The molecule has 0 saturated carbocycles. The number of ether oxygens (including phenoxy) is 1. The number of nitrogens with zero attached hydrogens (tertiary/aromatic N) is 3. The van der Waals surface area contributed by atoms with Crippen molar-refractivity contribution in [2.24, 2.45) is 0 Å². The van der Waals surface area contributed by atoms with Gasteiger partial charge < -0.3 is 10.1 Å². The Bertz CT molecular complexity index is 525. The number of benzene rings is 1. The Kier molecular flexibility index (Phi) is 3.72. The van der Waals surface area contributed by atoms with Crippen molar-refractivity contribution in [3.63, 3.8) is 0 Å². The third-order valence-corrected chi connectivity index (χ3v) is 2.47. The molecule has 1 N–H and O–H groups in total. The molecule has 5 nitrogen and oxygen atoms in total. The summed E-state index contributed by atoms with van der Waals surface area (Å²) in [4.78, 5) is 4.31. The molecule has 0 spiro atoms. The first-order chi connectivity index (χ1) is 8.74. The molecule has 18 heavy (non-hydrogen) atoms. The SMILES string of the molecule is CCOc1ccc(-c2nnc(C)nc2NC)cc1. The van der Waals surface area contributed by atoms with Crippen molar-refractivity contribution in [1.29, 1.82) is 0 Å². The largest absolute Gasteiger partial charge is 0.494 e. The Morgan fingerprint density at radius 1 is 1.17 bits per heavy atom. The summed E-state index contributed by atoms with van der Waals surface area (Å²) >= 11 is 0. The fourth-order valence-electron chi connectivity index (χ4n) is 1.65. The molecule has 1 aromatic heterocycles. The standard InChI is InChI=1S/C13H16N4O/c1-4-18-11-7-5-10(6-8-11)12-13(14-3)15-9(2)16-17-12/h5-8H,4H2,1-3H3,(H,14,15,16). The molecular weight excluding hydrogens is 228 g/mol. The van der Waals surface area contributed by atoms with E-state index >= 15 is 0 Å². The van der Waals surface area contributed by atoms with Gasteiger partial charge in [-0.15, -0.1) is 10.2 Å². The van der Waals surface area contributed by atoms with Crippen molar-refractivity contribution in [3.8, 4) is 17.0 Å². The summed E-state index contributed by atoms with van der Waals surface area (Å²) in [6, 6.07) is 7.74. The van der Waals surface area contributed by atoms with E-state index in [4.69, 9.17) is 4.74 Å². The first kappa shape index (κ1) is 12.3. The van der Waals surface area contributed by atoms with Crippen LogP contribution in [0.15, 0.2) is 24.3 Å². The van der Waals surface area contributed by atoms with Crippen molar-refractivity contribution in [2.45, 2.75) is 13.8 Å². The van der Waals surface area contributed by atoms with Crippen molar-refractivity contribution < 1.29 is 4.74 Å². The summed E-state index contributed by atoms with van der Waals surface area (Å²) in [5.41, 5.74) is 1.70. The van der Waals surface area contributed by atoms with E-state index in [1.807, 2.05) is 45.2 Å². The van der Waals surface area contributed by atoms with Gasteiger partial charge in [0.1, 0.15) is 17.3 Å². The van der Waals surface area contributed by atoms with Gasteiger partial charge in [-0.2, -0.15) is 0 Å². The Morgan fingerprint density at radius 3 is 2.50 bits per heavy atom. The van der Waals surface area contributed by atoms with Crippen LogP contribution in [0.4, 0.5) is 5.82 Å². The van der Waals surface area contributed by atoms with Crippen LogP contribution >= 0.6 is 0 Å². The molecule has 0 aliphatic heterocycles. The lowest BCUT2D eigenvalue weighted by atomic mass is 10.1. The summed E-state index contributed by atoms with van der Waals surface area (Å²) < 4.78 is 5.41. The summed E-state index contributed by atoms with van der Waals surface area (Å²) in [5, 5.41) is 11.2. The molecule has 1 aromatic carbocycles. The summed E-state index contributed by atoms with van der Waals surface area (Å²) in [6.45, 7) is 4.44. The lowest BCUT2D eigenvalue weighted by Gasteiger charge is -2.08. The fourth-order valence-corrected chi connectivity index (χ4v) is 1.65. The zero-order valence-electron chi connectivity index (χ0n) is 10.8. The van der Waals surface area contributed by atoms with Crippen molar-refractivity contribution >= 4 is 5.82 Å². The molecule has 5 heteroatoms. The van der Waals surface area contributed by atoms with E-state index in [0.717, 1.165) is 22.8 Å². The van der Waals surface area contributed by atoms with E-state index in [9.17, 15) is 0 Å². The summed E-state index contributed by atoms with van der Waals surface area (Å²) in [7, 11) is 1.82. The number of aromatic nitrogens is 3. The highest BCUT2D eigenvalue weighted by Gasteiger charge is 2.08. The fraction of sp³-hybridized carbons (Fsp3) is 0.308. The lowest BCUT2D eigenvalue weighted by molar-refractivity contribution is 0.340. The third kappa shape index (κ3) is 2.56. The van der Waals surface area contributed by atoms with Gasteiger partial charge in [-0.1, -0.05) is 0 Å². The minimum atomic E-state index is 0.647. The van der Waals surface area contributed by atoms with Crippen LogP contribution in [-0.4, -0.2) is 28.8 Å². The van der Waals surface area contributed by atoms with Gasteiger partial charge in [-0.05, 0) is 38.1 Å². The molecule has 0 amide bonds. The van der Waals surface area contributed by atoms with Gasteiger partial charge in [-0.3, -0.25) is 0 Å². The van der Waals surface area contributed by atoms with Gasteiger partial charge >= 0.3 is 0 Å². The molecule has 0 radical (unpaired) electrons. The van der Waals surface area contributed by atoms with Crippen LogP contribution in [0.5, 0.6) is 5.75 Å². The topological polar surface area (TPSA) is 59.9 Å². The highest BCUT2D eigenvalue weighted by Crippen LogP contribution is 2.25. The molecule has 1 heterocycles. The van der Waals surface area contributed by atoms with Crippen molar-refractivity contribution in [2.75, 3.05) is 19.0 Å². The second-order valence-electron chi connectivity index (χ2n) is 3.76. The van der Waals surface area contributed by atoms with Gasteiger partial charge in [0.05, 0.1) is 6.61 Å². The maximum Gasteiger partial charge on any atom is 0.156 e. The Morgan fingerprint density at radius 2 is 1.89 bits per heavy atom. The summed E-state index contributed by atoms with van der Waals surface area (Å²) in [6.07, 6.45) is 0. The van der Waals surface area contributed by atoms with Crippen LogP contribution in [0.3, 0.4) is 0 Å². The van der Waals surface area contributed by atoms with Gasteiger partial charge in [0, 0.05) is 12.6 Å². The molecule has 0 unspecified atom stereocenters. The first-order valence-corrected chi connectivity index (χ1v) is 5.87. The van der Waals surface area contributed by atoms with Gasteiger partial charge in [0.2, 0.25) is 0 Å². The Hall–Kier alpha value is -2.17. The number of hydrogen-bond acceptors (Lipinski definition) is 5. The molecular formula is C13H16N4O. The number of nitrogens with one attached hydrogen (secondary N) is 1. The first-order valence-electron chi connectivity index (χ1n) is 5.87. The van der Waals surface area contributed by atoms with Crippen molar-refractivity contribution in [3.05, 3.63) is 30.1 Å². The maximum absolute atomic E-state index is 5.41. The van der Waals surface area contributed by atoms with Gasteiger partial charge in [-0.25, -0.2) is 4.98 Å². The quantitative estimate of drug-likeness (QED) is 0.894. The van der Waals surface area contributed by atoms with Crippen LogP contribution in [0.25, 0.3) is 11.3 Å². The predicted octanol–water partition coefficient (Wildman–Crippen LogP) is 2.29. The molecule has 0 saturated heterocycles. The summed E-state index contributed by atoms with van der Waals surface area (Å²) in [5.74, 6) is 2.22. The Labute approximate surface area is 106 Å². The molecule has 0 aliphatic carbocycles. The smallest absolute Gasteiger partial charge is 0.156 e. The highest BCUT2D eigenvalue weighted by atomic mass is 16.5. The van der Waals surface area contributed by atoms with Crippen LogP contribution in [0, 0.1) is 6.92 Å². The van der Waals surface area contributed by atoms with E-state index in [2.05, 4.69) is 20.5 Å². The van der Waals surface area contributed by atoms with Gasteiger partial charge in [0.25, 0.3) is 0 Å². The van der Waals surface area contributed by atoms with Crippen molar-refractivity contribution in [1.82, 2.24) is 15.2 Å². The molecule has 2 rings (SSSR count). The van der Waals surface area contributed by atoms with E-state index in [-0.39, 0.29) is 0 Å². The average Bonchev–Trinajstić information content (AvgIpc) is 2.40. The molecule has 0 fully saturated rings. The zero-order valence-corrected chi connectivity index (χ0v) is 10.8. The number of aryl methyl sites for hydroxylation is 1. The highest BCUT2D eigenvalue weighted by molar-refractivity contribution is 5.71. The molecule has 94 valence electrons. The monoisotopic (exact) mass is 244 g/mol. The molecule has 2 aromatic rings. The maximum atomic E-state index is 5.41. The van der Waals surface area contributed by atoms with Crippen LogP contribution < -0.4 is 10.1 Å². The number of anilines is 1. The molecule has 0 bridgehead atoms. The van der Waals surface area contributed by atoms with E-state index in [0.29, 0.717) is 12.4 Å². The minimum absolute atomic E-state index is 0.647. The van der Waals surface area contributed by atoms with Crippen LogP contribution in [0.1, 0.15) is 12.7 Å². The third-order valence-electron chi connectivity index (χ3n) is 2.47. The Balaban J connectivity index is 2.36. The lowest BCUT2D eigenvalue weighted by Crippen LogP contribution is -2.02. The molecule has 0 aliphatic rings. The second kappa shape index (κ2) is 5.44. The van der Waals surface area contributed by atoms with E-state index in [1.165, 1.54) is 0 Å². The van der Waals surface area contributed by atoms with Gasteiger partial charge in [0.15, 0.2) is 5.82 Å². The van der Waals surface area contributed by atoms with E-state index < -0.39 is 0 Å². The predicted molar refractivity (Wildman–Crippen MR) is 70.7 cm³/mol. The molecule has 0 atom stereocenters. The number of rotatable bonds is 4. The minimum Gasteiger partial charge on any atom is -0.494 e. The average molecular weight is 244 g/mol. The van der Waals surface area contributed by atoms with Crippen LogP contribution in [-0.2, 0) is 0 Å². The zero-order chi connectivity index (χ0) is 13.0.